The van der Waals surface area contributed by atoms with Gasteiger partial charge in [0.2, 0.25) is 0 Å². The zero-order chi connectivity index (χ0) is 9.14. The highest BCUT2D eigenvalue weighted by Gasteiger charge is 1.99. The molecule has 66 valence electrons. The quantitative estimate of drug-likeness (QED) is 0.652. The summed E-state index contributed by atoms with van der Waals surface area (Å²) < 4.78 is 0. The molecule has 0 bridgehead atoms. The number of hydrogen-bond acceptors (Lipinski definition) is 2. The van der Waals surface area contributed by atoms with Crippen LogP contribution in [0, 0.1) is 13.8 Å². The number of nitrogens with two attached hydrogens (primary N) is 1. The summed E-state index contributed by atoms with van der Waals surface area (Å²) in [6.45, 7) is 4.99. The summed E-state index contributed by atoms with van der Waals surface area (Å²) in [4.78, 5) is 0. The fourth-order valence-electron chi connectivity index (χ4n) is 1.37. The average molecular weight is 164 g/mol. The van der Waals surface area contributed by atoms with Crippen molar-refractivity contribution in [3.8, 4) is 0 Å². The van der Waals surface area contributed by atoms with Crippen molar-refractivity contribution in [1.82, 2.24) is 5.32 Å². The van der Waals surface area contributed by atoms with Crippen molar-refractivity contribution in [2.24, 2.45) is 0 Å². The van der Waals surface area contributed by atoms with E-state index < -0.39 is 0 Å². The van der Waals surface area contributed by atoms with Crippen molar-refractivity contribution in [1.29, 1.82) is 0 Å². The average Bonchev–Trinajstić information content (AvgIpc) is 2.01. The summed E-state index contributed by atoms with van der Waals surface area (Å²) in [6.07, 6.45) is 0. The van der Waals surface area contributed by atoms with Gasteiger partial charge in [0, 0.05) is 12.2 Å². The zero-order valence-electron chi connectivity index (χ0n) is 7.94. The molecule has 3 N–H and O–H groups in total. The second-order valence-electron chi connectivity index (χ2n) is 3.17. The van der Waals surface area contributed by atoms with Crippen LogP contribution >= 0.6 is 0 Å². The maximum Gasteiger partial charge on any atom is 0.0373 e. The van der Waals surface area contributed by atoms with Gasteiger partial charge in [-0.3, -0.25) is 0 Å². The van der Waals surface area contributed by atoms with E-state index in [0.717, 1.165) is 12.2 Å². The highest BCUT2D eigenvalue weighted by molar-refractivity contribution is 5.54. The van der Waals surface area contributed by atoms with Crippen LogP contribution in [0.4, 0.5) is 5.69 Å². The van der Waals surface area contributed by atoms with Crippen LogP contribution in [0.3, 0.4) is 0 Å². The van der Waals surface area contributed by atoms with Crippen molar-refractivity contribution < 1.29 is 0 Å². The molecule has 1 aromatic rings. The lowest BCUT2D eigenvalue weighted by atomic mass is 10.0. The van der Waals surface area contributed by atoms with Gasteiger partial charge in [0.25, 0.3) is 0 Å². The van der Waals surface area contributed by atoms with Gasteiger partial charge >= 0.3 is 0 Å². The monoisotopic (exact) mass is 164 g/mol. The minimum Gasteiger partial charge on any atom is -0.398 e. The molecule has 2 heteroatoms. The Labute approximate surface area is 73.8 Å². The molecule has 1 rings (SSSR count). The second kappa shape index (κ2) is 3.59. The van der Waals surface area contributed by atoms with E-state index in [1.165, 1.54) is 16.7 Å². The van der Waals surface area contributed by atoms with Gasteiger partial charge in [-0.15, -0.1) is 0 Å². The smallest absolute Gasteiger partial charge is 0.0373 e. The first-order valence-corrected chi connectivity index (χ1v) is 4.15. The lowest BCUT2D eigenvalue weighted by molar-refractivity contribution is 0.816. The molecule has 0 aliphatic heterocycles. The van der Waals surface area contributed by atoms with Gasteiger partial charge in [0.1, 0.15) is 0 Å². The zero-order valence-corrected chi connectivity index (χ0v) is 7.94. The maximum absolute atomic E-state index is 5.83. The Morgan fingerprint density at radius 2 is 1.75 bits per heavy atom. The third-order valence-electron chi connectivity index (χ3n) is 2.03. The Morgan fingerprint density at radius 3 is 2.17 bits per heavy atom. The molecule has 0 aromatic heterocycles. The van der Waals surface area contributed by atoms with Gasteiger partial charge in [-0.2, -0.15) is 0 Å². The van der Waals surface area contributed by atoms with Crippen LogP contribution in [0.15, 0.2) is 12.1 Å². The van der Waals surface area contributed by atoms with E-state index in [4.69, 9.17) is 5.73 Å². The molecule has 0 radical (unpaired) electrons. The minimum absolute atomic E-state index is 0.905. The molecule has 12 heavy (non-hydrogen) atoms. The third-order valence-corrected chi connectivity index (χ3v) is 2.03. The van der Waals surface area contributed by atoms with Crippen LogP contribution in [0.2, 0.25) is 0 Å². The fraction of sp³-hybridized carbons (Fsp3) is 0.400. The number of benzene rings is 1. The number of hydrogen-bond donors (Lipinski definition) is 2. The molecule has 0 aliphatic carbocycles. The molecular weight excluding hydrogens is 148 g/mol. The molecule has 0 heterocycles. The van der Waals surface area contributed by atoms with E-state index in [2.05, 4.69) is 17.4 Å². The van der Waals surface area contributed by atoms with E-state index in [9.17, 15) is 0 Å². The lowest BCUT2D eigenvalue weighted by Crippen LogP contribution is -2.06. The second-order valence-corrected chi connectivity index (χ2v) is 3.17. The van der Waals surface area contributed by atoms with Crippen LogP contribution in [-0.2, 0) is 6.54 Å². The number of nitrogen functional groups attached to an aromatic ring is 1. The topological polar surface area (TPSA) is 38.0 Å². The number of anilines is 1. The predicted molar refractivity (Wildman–Crippen MR) is 53.1 cm³/mol. The highest BCUT2D eigenvalue weighted by atomic mass is 14.8. The molecule has 0 saturated carbocycles. The number of nitrogens with one attached hydrogen (secondary N) is 1. The first kappa shape index (κ1) is 9.07. The normalized spacial score (nSPS) is 10.2. The summed E-state index contributed by atoms with van der Waals surface area (Å²) in [6, 6.07) is 4.25. The van der Waals surface area contributed by atoms with Crippen LogP contribution < -0.4 is 11.1 Å². The summed E-state index contributed by atoms with van der Waals surface area (Å²) in [5, 5.41) is 3.12. The molecule has 2 nitrogen and oxygen atoms in total. The van der Waals surface area contributed by atoms with E-state index >= 15 is 0 Å². The third kappa shape index (κ3) is 1.77. The molecule has 1 aromatic carbocycles. The van der Waals surface area contributed by atoms with Gasteiger partial charge in [-0.25, -0.2) is 0 Å². The molecule has 0 atom stereocenters. The standard InChI is InChI=1S/C10H16N2/c1-7-4-9(6-12-3)5-8(2)10(7)11/h4-5,12H,6,11H2,1-3H3. The lowest BCUT2D eigenvalue weighted by Gasteiger charge is -2.07. The Bertz CT molecular complexity index is 256. The summed E-state index contributed by atoms with van der Waals surface area (Å²) in [7, 11) is 1.95. The fourth-order valence-corrected chi connectivity index (χ4v) is 1.37. The van der Waals surface area contributed by atoms with E-state index in [-0.39, 0.29) is 0 Å². The van der Waals surface area contributed by atoms with Gasteiger partial charge in [-0.05, 0) is 37.6 Å². The Kier molecular flexibility index (Phi) is 2.71. The van der Waals surface area contributed by atoms with Crippen molar-refractivity contribution >= 4 is 5.69 Å². The number of aryl methyl sites for hydroxylation is 2. The highest BCUT2D eigenvalue weighted by Crippen LogP contribution is 2.18. The van der Waals surface area contributed by atoms with E-state index in [1.54, 1.807) is 0 Å². The van der Waals surface area contributed by atoms with Gasteiger partial charge in [0.15, 0.2) is 0 Å². The summed E-state index contributed by atoms with van der Waals surface area (Å²) >= 11 is 0. The summed E-state index contributed by atoms with van der Waals surface area (Å²) in [5.41, 5.74) is 10.4. The van der Waals surface area contributed by atoms with Gasteiger partial charge in [0.05, 0.1) is 0 Å². The molecule has 0 fully saturated rings. The first-order chi connectivity index (χ1) is 5.65. The molecular formula is C10H16N2. The van der Waals surface area contributed by atoms with Crippen LogP contribution in [0.5, 0.6) is 0 Å². The van der Waals surface area contributed by atoms with Gasteiger partial charge in [-0.1, -0.05) is 12.1 Å². The molecule has 0 amide bonds. The van der Waals surface area contributed by atoms with Crippen LogP contribution in [0.1, 0.15) is 16.7 Å². The SMILES string of the molecule is CNCc1cc(C)c(N)c(C)c1. The largest absolute Gasteiger partial charge is 0.398 e. The minimum atomic E-state index is 0.905. The van der Waals surface area contributed by atoms with Crippen molar-refractivity contribution in [2.75, 3.05) is 12.8 Å². The Balaban J connectivity index is 3.04. The molecule has 0 saturated heterocycles. The number of rotatable bonds is 2. The van der Waals surface area contributed by atoms with Crippen LogP contribution in [0.25, 0.3) is 0 Å². The Morgan fingerprint density at radius 1 is 1.25 bits per heavy atom. The van der Waals surface area contributed by atoms with Crippen LogP contribution in [-0.4, -0.2) is 7.05 Å². The van der Waals surface area contributed by atoms with E-state index in [0.29, 0.717) is 0 Å². The Hall–Kier alpha value is -1.02. The molecule has 0 spiro atoms. The van der Waals surface area contributed by atoms with Crippen molar-refractivity contribution in [2.45, 2.75) is 20.4 Å². The van der Waals surface area contributed by atoms with E-state index in [1.807, 2.05) is 20.9 Å². The molecule has 0 unspecified atom stereocenters. The summed E-state index contributed by atoms with van der Waals surface area (Å²) in [5.74, 6) is 0. The maximum atomic E-state index is 5.83. The first-order valence-electron chi connectivity index (χ1n) is 4.15. The predicted octanol–water partition coefficient (Wildman–Crippen LogP) is 1.61. The van der Waals surface area contributed by atoms with Crippen molar-refractivity contribution in [3.05, 3.63) is 28.8 Å². The van der Waals surface area contributed by atoms with Crippen molar-refractivity contribution in [3.63, 3.8) is 0 Å². The van der Waals surface area contributed by atoms with Gasteiger partial charge < -0.3 is 11.1 Å². The molecule has 0 aliphatic rings.